The Kier molecular flexibility index (Phi) is 8.76. The van der Waals surface area contributed by atoms with Crippen molar-refractivity contribution < 1.29 is 23.1 Å². The fourth-order valence-electron chi connectivity index (χ4n) is 7.99. The van der Waals surface area contributed by atoms with E-state index in [1.165, 1.54) is 76.0 Å². The molecule has 3 N–H and O–H groups in total. The van der Waals surface area contributed by atoms with Gasteiger partial charge in [-0.1, -0.05) is 56.4 Å². The fraction of sp³-hybridized carbons (Fsp3) is 0.541. The van der Waals surface area contributed by atoms with E-state index in [0.717, 1.165) is 42.0 Å². The molecular formula is C37H46N4O5S. The number of aryl methyl sites for hydroxylation is 2. The van der Waals surface area contributed by atoms with Crippen LogP contribution in [0.3, 0.4) is 0 Å². The SMILES string of the molecule is Cc1cccc(C)c1-c1cc(OC(C2CC2)[C@@H](CC2CCCCC2)NC2CC3(CC3)C2)nc(NS(=O)(=O)c2cccc(C(=O)O)c2)n1. The summed E-state index contributed by atoms with van der Waals surface area (Å²) in [6.45, 7) is 4.02. The molecule has 250 valence electrons. The lowest BCUT2D eigenvalue weighted by Gasteiger charge is -2.42. The highest BCUT2D eigenvalue weighted by molar-refractivity contribution is 7.92. The summed E-state index contributed by atoms with van der Waals surface area (Å²) in [6.07, 6.45) is 14.9. The van der Waals surface area contributed by atoms with Gasteiger partial charge in [-0.3, -0.25) is 0 Å². The number of rotatable bonds is 13. The highest BCUT2D eigenvalue weighted by Crippen LogP contribution is 2.60. The minimum absolute atomic E-state index is 0.0786. The molecule has 2 aromatic carbocycles. The molecule has 4 aliphatic carbocycles. The number of hydrogen-bond donors (Lipinski definition) is 3. The largest absolute Gasteiger partial charge is 0.478 e. The molecule has 10 heteroatoms. The van der Waals surface area contributed by atoms with Gasteiger partial charge in [0.2, 0.25) is 11.8 Å². The second-order valence-electron chi connectivity index (χ2n) is 14.7. The number of carboxylic acids is 1. The third-order valence-corrected chi connectivity index (χ3v) is 12.2. The maximum absolute atomic E-state index is 13.5. The summed E-state index contributed by atoms with van der Waals surface area (Å²) >= 11 is 0. The van der Waals surface area contributed by atoms with Gasteiger partial charge in [-0.15, -0.1) is 0 Å². The van der Waals surface area contributed by atoms with E-state index >= 15 is 0 Å². The molecule has 0 amide bonds. The summed E-state index contributed by atoms with van der Waals surface area (Å²) in [4.78, 5) is 20.7. The maximum Gasteiger partial charge on any atom is 0.335 e. The molecule has 3 aromatic rings. The molecule has 4 fully saturated rings. The van der Waals surface area contributed by atoms with Gasteiger partial charge in [0, 0.05) is 23.7 Å². The van der Waals surface area contributed by atoms with Crippen LogP contribution in [0, 0.1) is 31.1 Å². The van der Waals surface area contributed by atoms with E-state index < -0.39 is 16.0 Å². The minimum atomic E-state index is -4.20. The number of carboxylic acid groups (broad SMARTS) is 1. The average Bonchev–Trinajstić information content (AvgIpc) is 3.95. The zero-order valence-electron chi connectivity index (χ0n) is 27.4. The first-order valence-electron chi connectivity index (χ1n) is 17.3. The average molecular weight is 659 g/mol. The van der Waals surface area contributed by atoms with Gasteiger partial charge >= 0.3 is 5.97 Å². The first-order chi connectivity index (χ1) is 22.6. The van der Waals surface area contributed by atoms with E-state index in [1.54, 1.807) is 0 Å². The van der Waals surface area contributed by atoms with Gasteiger partial charge < -0.3 is 15.2 Å². The lowest BCUT2D eigenvalue weighted by molar-refractivity contribution is 0.0696. The second-order valence-corrected chi connectivity index (χ2v) is 16.3. The summed E-state index contributed by atoms with van der Waals surface area (Å²) in [6, 6.07) is 13.8. The molecule has 9 nitrogen and oxygen atoms in total. The van der Waals surface area contributed by atoms with E-state index in [-0.39, 0.29) is 28.6 Å². The Bertz CT molecular complexity index is 1720. The molecule has 2 atom stereocenters. The molecule has 0 bridgehead atoms. The van der Waals surface area contributed by atoms with Crippen LogP contribution < -0.4 is 14.8 Å². The summed E-state index contributed by atoms with van der Waals surface area (Å²) in [7, 11) is -4.20. The molecule has 0 radical (unpaired) electrons. The van der Waals surface area contributed by atoms with Crippen molar-refractivity contribution >= 4 is 21.9 Å². The first-order valence-corrected chi connectivity index (χ1v) is 18.8. The van der Waals surface area contributed by atoms with Crippen LogP contribution in [0.2, 0.25) is 0 Å². The summed E-state index contributed by atoms with van der Waals surface area (Å²) in [5, 5.41) is 13.5. The normalized spacial score (nSPS) is 20.7. The van der Waals surface area contributed by atoms with Crippen LogP contribution in [-0.2, 0) is 10.0 Å². The standard InChI is InChI=1S/C37H46N4O5S/c1-23-8-6-9-24(2)33(23)30-20-32(40-36(39-30)41-47(44,45)29-13-7-12-27(19-29)35(42)43)46-34(26-14-15-26)31(18-25-10-4-3-5-11-25)38-28-21-37(22-28)16-17-37/h6-9,12-13,19-20,25-26,28,31,34,38H,3-5,10-11,14-18,21-22H2,1-2H3,(H,42,43)(H,39,40,41)/t31-,34?/m1/s1. The third-order valence-electron chi connectivity index (χ3n) is 10.9. The van der Waals surface area contributed by atoms with Crippen molar-refractivity contribution in [2.75, 3.05) is 4.72 Å². The number of nitrogens with zero attached hydrogens (tertiary/aromatic N) is 2. The van der Waals surface area contributed by atoms with Crippen LogP contribution in [0.15, 0.2) is 53.4 Å². The highest BCUT2D eigenvalue weighted by Gasteiger charge is 2.54. The number of carbonyl (C=O) groups is 1. The lowest BCUT2D eigenvalue weighted by Crippen LogP contribution is -2.54. The van der Waals surface area contributed by atoms with Crippen molar-refractivity contribution in [3.05, 3.63) is 65.2 Å². The summed E-state index contributed by atoms with van der Waals surface area (Å²) < 4.78 is 36.5. The fourth-order valence-corrected chi connectivity index (χ4v) is 8.98. The van der Waals surface area contributed by atoms with Gasteiger partial charge in [-0.2, -0.15) is 4.98 Å². The molecule has 1 aromatic heterocycles. The quantitative estimate of drug-likeness (QED) is 0.175. The predicted molar refractivity (Wildman–Crippen MR) is 181 cm³/mol. The summed E-state index contributed by atoms with van der Waals surface area (Å²) in [5.41, 5.74) is 3.97. The molecule has 0 saturated heterocycles. The molecule has 1 unspecified atom stereocenters. The van der Waals surface area contributed by atoms with Crippen molar-refractivity contribution in [3.8, 4) is 17.1 Å². The van der Waals surface area contributed by atoms with E-state index in [2.05, 4.69) is 20.0 Å². The monoisotopic (exact) mass is 658 g/mol. The molecule has 0 aliphatic heterocycles. The topological polar surface area (TPSA) is 131 Å². The lowest BCUT2D eigenvalue weighted by atomic mass is 9.75. The van der Waals surface area contributed by atoms with Gasteiger partial charge in [-0.25, -0.2) is 22.9 Å². The van der Waals surface area contributed by atoms with Crippen LogP contribution >= 0.6 is 0 Å². The predicted octanol–water partition coefficient (Wildman–Crippen LogP) is 7.29. The van der Waals surface area contributed by atoms with Crippen LogP contribution in [0.4, 0.5) is 5.95 Å². The number of aromatic nitrogens is 2. The molecule has 7 rings (SSSR count). The van der Waals surface area contributed by atoms with E-state index in [4.69, 9.17) is 4.74 Å². The molecular weight excluding hydrogens is 612 g/mol. The number of hydrogen-bond acceptors (Lipinski definition) is 7. The Labute approximate surface area is 278 Å². The first kappa shape index (κ1) is 32.1. The minimum Gasteiger partial charge on any atom is -0.478 e. The van der Waals surface area contributed by atoms with Crippen LogP contribution in [-0.4, -0.2) is 47.6 Å². The molecule has 1 heterocycles. The zero-order chi connectivity index (χ0) is 32.8. The van der Waals surface area contributed by atoms with Crippen LogP contribution in [0.1, 0.15) is 98.5 Å². The molecule has 1 spiro atoms. The van der Waals surface area contributed by atoms with Gasteiger partial charge in [0.1, 0.15) is 6.10 Å². The van der Waals surface area contributed by atoms with Crippen molar-refractivity contribution in [2.24, 2.45) is 17.3 Å². The van der Waals surface area contributed by atoms with Gasteiger partial charge in [0.25, 0.3) is 10.0 Å². The second kappa shape index (κ2) is 12.8. The number of aromatic carboxylic acids is 1. The molecule has 47 heavy (non-hydrogen) atoms. The zero-order valence-corrected chi connectivity index (χ0v) is 28.2. The van der Waals surface area contributed by atoms with Crippen molar-refractivity contribution in [1.82, 2.24) is 15.3 Å². The Morgan fingerprint density at radius 2 is 1.68 bits per heavy atom. The number of nitrogens with one attached hydrogen (secondary N) is 2. The van der Waals surface area contributed by atoms with Gasteiger partial charge in [0.05, 0.1) is 16.2 Å². The van der Waals surface area contributed by atoms with E-state index in [0.29, 0.717) is 34.9 Å². The Morgan fingerprint density at radius 3 is 2.34 bits per heavy atom. The summed E-state index contributed by atoms with van der Waals surface area (Å²) in [5.74, 6) is 0.128. The molecule has 4 aliphatic rings. The highest BCUT2D eigenvalue weighted by atomic mass is 32.2. The van der Waals surface area contributed by atoms with Crippen molar-refractivity contribution in [3.63, 3.8) is 0 Å². The van der Waals surface area contributed by atoms with Crippen LogP contribution in [0.5, 0.6) is 5.88 Å². The molecule has 4 saturated carbocycles. The van der Waals surface area contributed by atoms with Crippen molar-refractivity contribution in [2.45, 2.75) is 114 Å². The van der Waals surface area contributed by atoms with Gasteiger partial charge in [0.15, 0.2) is 0 Å². The van der Waals surface area contributed by atoms with E-state index in [1.807, 2.05) is 38.1 Å². The number of sulfonamides is 1. The van der Waals surface area contributed by atoms with Gasteiger partial charge in [-0.05, 0) is 105 Å². The Morgan fingerprint density at radius 1 is 0.979 bits per heavy atom. The number of anilines is 1. The Balaban J connectivity index is 1.22. The van der Waals surface area contributed by atoms with Crippen molar-refractivity contribution in [1.29, 1.82) is 0 Å². The smallest absolute Gasteiger partial charge is 0.335 e. The van der Waals surface area contributed by atoms with E-state index in [9.17, 15) is 18.3 Å². The maximum atomic E-state index is 13.5. The van der Waals surface area contributed by atoms with Crippen LogP contribution in [0.25, 0.3) is 11.3 Å². The third kappa shape index (κ3) is 7.33. The Hall–Kier alpha value is -3.50. The number of ether oxygens (including phenoxy) is 1. The number of benzene rings is 2.